The molecule has 2 N–H and O–H groups in total. The van der Waals surface area contributed by atoms with Crippen molar-refractivity contribution in [1.82, 2.24) is 25.5 Å². The van der Waals surface area contributed by atoms with E-state index < -0.39 is 16.4 Å². The van der Waals surface area contributed by atoms with Crippen LogP contribution in [0.1, 0.15) is 41.5 Å². The third-order valence-corrected chi connectivity index (χ3v) is 16.0. The molecule has 0 unspecified atom stereocenters. The van der Waals surface area contributed by atoms with E-state index in [4.69, 9.17) is 21.0 Å². The van der Waals surface area contributed by atoms with E-state index in [0.717, 1.165) is 11.9 Å². The fourth-order valence-electron chi connectivity index (χ4n) is 5.43. The summed E-state index contributed by atoms with van der Waals surface area (Å²) in [5, 5.41) is 12.8. The summed E-state index contributed by atoms with van der Waals surface area (Å²) >= 11 is 7.23. The molecule has 40 heavy (non-hydrogen) atoms. The van der Waals surface area contributed by atoms with Crippen LogP contribution in [0.5, 0.6) is 0 Å². The van der Waals surface area contributed by atoms with Gasteiger partial charge in [-0.1, -0.05) is 59.3 Å². The summed E-state index contributed by atoms with van der Waals surface area (Å²) < 4.78 is 23.6. The summed E-state index contributed by atoms with van der Waals surface area (Å²) in [6.45, 7) is 26.3. The second-order valence-corrected chi connectivity index (χ2v) is 24.2. The van der Waals surface area contributed by atoms with E-state index in [1.54, 1.807) is 6.20 Å². The lowest BCUT2D eigenvalue weighted by molar-refractivity contribution is -0.00559. The minimum absolute atomic E-state index is 0.0473. The fraction of sp³-hybridized carbons (Fsp3) is 0.621. The lowest BCUT2D eigenvalue weighted by atomic mass is 9.84. The Hall–Kier alpha value is -1.86. The molecule has 0 aliphatic carbocycles. The van der Waals surface area contributed by atoms with Crippen LogP contribution in [0.2, 0.25) is 42.8 Å². The number of nitrogens with zero attached hydrogens (tertiary/aromatic N) is 4. The zero-order valence-corrected chi connectivity index (χ0v) is 28.7. The van der Waals surface area contributed by atoms with Gasteiger partial charge in [0.25, 0.3) is 0 Å². The normalized spacial score (nSPS) is 18.9. The molecule has 3 aromatic rings. The quantitative estimate of drug-likeness (QED) is 0.297. The van der Waals surface area contributed by atoms with Crippen molar-refractivity contribution in [3.63, 3.8) is 0 Å². The molecule has 0 radical (unpaired) electrons. The lowest BCUT2D eigenvalue weighted by Gasteiger charge is -2.49. The second-order valence-electron chi connectivity index (χ2n) is 14.1. The summed E-state index contributed by atoms with van der Waals surface area (Å²) in [5.74, 6) is 0.525. The number of H-pyrrole nitrogens is 1. The van der Waals surface area contributed by atoms with Crippen LogP contribution in [0.15, 0.2) is 18.3 Å². The topological polar surface area (TPSA) is 79.0 Å². The van der Waals surface area contributed by atoms with Gasteiger partial charge in [0, 0.05) is 31.2 Å². The van der Waals surface area contributed by atoms with Crippen molar-refractivity contribution in [3.8, 4) is 11.4 Å². The van der Waals surface area contributed by atoms with Gasteiger partial charge in [-0.25, -0.2) is 14.4 Å². The van der Waals surface area contributed by atoms with Crippen molar-refractivity contribution in [2.75, 3.05) is 24.5 Å². The number of hydrogen-bond donors (Lipinski definition) is 2. The number of piperazine rings is 1. The van der Waals surface area contributed by atoms with Crippen molar-refractivity contribution in [1.29, 1.82) is 0 Å². The van der Waals surface area contributed by atoms with E-state index >= 15 is 4.39 Å². The van der Waals surface area contributed by atoms with Crippen LogP contribution in [0.4, 0.5) is 10.2 Å². The summed E-state index contributed by atoms with van der Waals surface area (Å²) in [5.41, 5.74) is 0.894. The molecule has 1 aliphatic rings. The number of aromatic nitrogens is 4. The Bertz CT molecular complexity index is 1380. The van der Waals surface area contributed by atoms with E-state index in [0.29, 0.717) is 40.5 Å². The Balaban J connectivity index is 1.91. The molecule has 0 spiro atoms. The number of aromatic amines is 1. The van der Waals surface area contributed by atoms with Gasteiger partial charge in [-0.05, 0) is 54.8 Å². The van der Waals surface area contributed by atoms with Crippen LogP contribution < -0.4 is 15.4 Å². The first kappa shape index (κ1) is 31.1. The molecule has 0 bridgehead atoms. The van der Waals surface area contributed by atoms with Gasteiger partial charge >= 0.3 is 0 Å². The predicted octanol–water partition coefficient (Wildman–Crippen LogP) is 6.57. The van der Waals surface area contributed by atoms with Crippen LogP contribution in [-0.2, 0) is 4.43 Å². The number of halogens is 2. The van der Waals surface area contributed by atoms with E-state index in [2.05, 4.69) is 99.7 Å². The number of fused-ring (bicyclic) bond motifs is 1. The maximum absolute atomic E-state index is 16.7. The summed E-state index contributed by atoms with van der Waals surface area (Å²) in [6.07, 6.45) is 1.69. The molecule has 4 rings (SSSR count). The van der Waals surface area contributed by atoms with Crippen molar-refractivity contribution in [2.45, 2.75) is 91.0 Å². The third kappa shape index (κ3) is 5.62. The third-order valence-electron chi connectivity index (χ3n) is 8.96. The molecule has 2 atom stereocenters. The van der Waals surface area contributed by atoms with Crippen LogP contribution in [-0.4, -0.2) is 67.8 Å². The van der Waals surface area contributed by atoms with E-state index in [1.807, 2.05) is 12.1 Å². The summed E-state index contributed by atoms with van der Waals surface area (Å²) in [6, 6.07) is 3.77. The first-order valence-electron chi connectivity index (χ1n) is 14.3. The molecule has 7 nitrogen and oxygen atoms in total. The molecular formula is C29H46ClFN6OSi2. The van der Waals surface area contributed by atoms with E-state index in [1.165, 1.54) is 0 Å². The molecule has 220 valence electrons. The Morgan fingerprint density at radius 3 is 2.40 bits per heavy atom. The van der Waals surface area contributed by atoms with Crippen LogP contribution in [0.25, 0.3) is 22.4 Å². The van der Waals surface area contributed by atoms with Gasteiger partial charge in [-0.15, -0.1) is 0 Å². The maximum atomic E-state index is 16.7. The van der Waals surface area contributed by atoms with Gasteiger partial charge < -0.3 is 14.6 Å². The highest BCUT2D eigenvalue weighted by atomic mass is 35.5. The average Bonchev–Trinajstić information content (AvgIpc) is 3.26. The molecule has 0 amide bonds. The van der Waals surface area contributed by atoms with Crippen molar-refractivity contribution < 1.29 is 8.82 Å². The molecule has 4 heterocycles. The highest BCUT2D eigenvalue weighted by Gasteiger charge is 2.46. The number of hydrogen-bond acceptors (Lipinski definition) is 6. The van der Waals surface area contributed by atoms with Crippen LogP contribution >= 0.6 is 11.6 Å². The zero-order chi connectivity index (χ0) is 29.8. The molecule has 1 fully saturated rings. The highest BCUT2D eigenvalue weighted by molar-refractivity contribution is 6.93. The Morgan fingerprint density at radius 2 is 1.80 bits per heavy atom. The number of anilines is 1. The molecule has 11 heteroatoms. The van der Waals surface area contributed by atoms with Crippen molar-refractivity contribution in [3.05, 3.63) is 29.2 Å². The molecule has 0 saturated carbocycles. The SMILES string of the molecule is CC(C)[C@](C)(O[Si](C)(C)C)[C@@H]1CN(c2nc(-c3n[nH]c4ncccc34)c(F)c([Si](C)(C)C(C)(C)C)c2Cl)CCN1. The van der Waals surface area contributed by atoms with E-state index in [-0.39, 0.29) is 34.1 Å². The van der Waals surface area contributed by atoms with Gasteiger partial charge in [0.05, 0.1) is 24.7 Å². The number of nitrogens with one attached hydrogen (secondary N) is 2. The van der Waals surface area contributed by atoms with Gasteiger partial charge in [-0.2, -0.15) is 5.10 Å². The average molecular weight is 605 g/mol. The van der Waals surface area contributed by atoms with Crippen molar-refractivity contribution in [2.24, 2.45) is 5.92 Å². The Morgan fingerprint density at radius 1 is 1.12 bits per heavy atom. The van der Waals surface area contributed by atoms with Crippen LogP contribution in [0.3, 0.4) is 0 Å². The molecule has 1 saturated heterocycles. The molecular weight excluding hydrogens is 559 g/mol. The van der Waals surface area contributed by atoms with Gasteiger partial charge in [0.1, 0.15) is 17.2 Å². The maximum Gasteiger partial charge on any atom is 0.184 e. The van der Waals surface area contributed by atoms with Crippen molar-refractivity contribution >= 4 is 50.0 Å². The fourth-order valence-corrected chi connectivity index (χ4v) is 10.2. The molecule has 1 aliphatic heterocycles. The summed E-state index contributed by atoms with van der Waals surface area (Å²) in [4.78, 5) is 11.5. The standard InChI is InChI=1S/C29H46ClFN6OSi2/c1-18(2)29(6,38-39(7,8)9)20-17-37(16-15-32-20)27-21(30)25(40(10,11)28(3,4)5)22(31)24(34-27)23-19-13-12-14-33-26(19)36-35-23/h12-14,18,20,32H,15-17H2,1-11H3,(H,33,35,36)/t20-,29-/m0/s1. The lowest BCUT2D eigenvalue weighted by Crippen LogP contribution is -2.65. The number of rotatable bonds is 7. The molecule has 3 aromatic heterocycles. The second kappa shape index (κ2) is 10.8. The Labute approximate surface area is 245 Å². The first-order chi connectivity index (χ1) is 18.4. The van der Waals surface area contributed by atoms with Gasteiger partial charge in [-0.3, -0.25) is 5.10 Å². The van der Waals surface area contributed by atoms with E-state index in [9.17, 15) is 0 Å². The predicted molar refractivity (Wildman–Crippen MR) is 171 cm³/mol. The minimum atomic E-state index is -2.44. The first-order valence-corrected chi connectivity index (χ1v) is 21.0. The Kier molecular flexibility index (Phi) is 8.37. The smallest absolute Gasteiger partial charge is 0.184 e. The highest BCUT2D eigenvalue weighted by Crippen LogP contribution is 2.41. The minimum Gasteiger partial charge on any atom is -0.411 e. The largest absolute Gasteiger partial charge is 0.411 e. The van der Waals surface area contributed by atoms with Crippen LogP contribution in [0, 0.1) is 11.7 Å². The number of pyridine rings is 2. The van der Waals surface area contributed by atoms with Gasteiger partial charge in [0.2, 0.25) is 0 Å². The summed E-state index contributed by atoms with van der Waals surface area (Å²) in [7, 11) is -4.29. The van der Waals surface area contributed by atoms with Gasteiger partial charge in [0.15, 0.2) is 19.8 Å². The molecule has 0 aromatic carbocycles. The monoisotopic (exact) mass is 604 g/mol. The zero-order valence-electron chi connectivity index (χ0n) is 26.0.